The molecule has 2 rings (SSSR count). The van der Waals surface area contributed by atoms with E-state index >= 15 is 0 Å². The summed E-state index contributed by atoms with van der Waals surface area (Å²) >= 11 is 0. The fraction of sp³-hybridized carbons (Fsp3) is 0.133. The smallest absolute Gasteiger partial charge is 0.341 e. The molecule has 2 nitrogen and oxygen atoms in total. The fourth-order valence-electron chi connectivity index (χ4n) is 1.54. The number of halogens is 1. The van der Waals surface area contributed by atoms with Crippen molar-refractivity contribution >= 4 is 5.97 Å². The molecule has 0 amide bonds. The van der Waals surface area contributed by atoms with Crippen LogP contribution in [0.15, 0.2) is 48.5 Å². The standard InChI is InChI=1S/C15H13FO2/c1-11-6-8-12(9-7-11)10-18-15(17)13-4-2-3-5-14(13)16/h2-9H,10H2,1H3. The van der Waals surface area contributed by atoms with E-state index in [1.807, 2.05) is 31.2 Å². The first-order chi connectivity index (χ1) is 8.66. The van der Waals surface area contributed by atoms with Crippen molar-refractivity contribution in [3.63, 3.8) is 0 Å². The van der Waals surface area contributed by atoms with Crippen LogP contribution in [-0.2, 0) is 11.3 Å². The predicted molar refractivity (Wildman–Crippen MR) is 66.7 cm³/mol. The molecule has 0 fully saturated rings. The predicted octanol–water partition coefficient (Wildman–Crippen LogP) is 3.49. The highest BCUT2D eigenvalue weighted by Crippen LogP contribution is 2.10. The summed E-state index contributed by atoms with van der Waals surface area (Å²) in [7, 11) is 0. The summed E-state index contributed by atoms with van der Waals surface area (Å²) in [6, 6.07) is 13.4. The van der Waals surface area contributed by atoms with Gasteiger partial charge in [0.25, 0.3) is 0 Å². The summed E-state index contributed by atoms with van der Waals surface area (Å²) in [6.45, 7) is 2.13. The summed E-state index contributed by atoms with van der Waals surface area (Å²) in [5.41, 5.74) is 1.98. The monoisotopic (exact) mass is 244 g/mol. The Hall–Kier alpha value is -2.16. The van der Waals surface area contributed by atoms with Crippen LogP contribution in [-0.4, -0.2) is 5.97 Å². The van der Waals surface area contributed by atoms with Crippen LogP contribution < -0.4 is 0 Å². The minimum Gasteiger partial charge on any atom is -0.457 e. The van der Waals surface area contributed by atoms with E-state index in [-0.39, 0.29) is 12.2 Å². The molecule has 0 saturated carbocycles. The summed E-state index contributed by atoms with van der Waals surface area (Å²) in [4.78, 5) is 11.6. The Bertz CT molecular complexity index is 547. The number of carbonyl (C=O) groups is 1. The van der Waals surface area contributed by atoms with E-state index in [4.69, 9.17) is 4.74 Å². The van der Waals surface area contributed by atoms with Gasteiger partial charge in [-0.05, 0) is 24.6 Å². The molecule has 0 saturated heterocycles. The third-order valence-electron chi connectivity index (χ3n) is 2.58. The van der Waals surface area contributed by atoms with Gasteiger partial charge in [0.15, 0.2) is 0 Å². The molecule has 0 atom stereocenters. The Kier molecular flexibility index (Phi) is 3.72. The first-order valence-electron chi connectivity index (χ1n) is 5.64. The van der Waals surface area contributed by atoms with E-state index < -0.39 is 11.8 Å². The van der Waals surface area contributed by atoms with E-state index in [9.17, 15) is 9.18 Å². The molecule has 0 unspecified atom stereocenters. The van der Waals surface area contributed by atoms with Crippen LogP contribution in [0.2, 0.25) is 0 Å². The van der Waals surface area contributed by atoms with Crippen molar-refractivity contribution in [2.45, 2.75) is 13.5 Å². The zero-order chi connectivity index (χ0) is 13.0. The molecule has 0 N–H and O–H groups in total. The van der Waals surface area contributed by atoms with Crippen LogP contribution in [0.4, 0.5) is 4.39 Å². The van der Waals surface area contributed by atoms with Gasteiger partial charge in [-0.15, -0.1) is 0 Å². The summed E-state index contributed by atoms with van der Waals surface area (Å²) < 4.78 is 18.4. The van der Waals surface area contributed by atoms with Crippen LogP contribution in [0.25, 0.3) is 0 Å². The number of rotatable bonds is 3. The summed E-state index contributed by atoms with van der Waals surface area (Å²) in [5, 5.41) is 0. The summed E-state index contributed by atoms with van der Waals surface area (Å²) in [5.74, 6) is -1.21. The molecular formula is C15H13FO2. The number of hydrogen-bond acceptors (Lipinski definition) is 2. The lowest BCUT2D eigenvalue weighted by Gasteiger charge is -2.05. The molecular weight excluding hydrogens is 231 g/mol. The highest BCUT2D eigenvalue weighted by atomic mass is 19.1. The molecule has 0 aliphatic heterocycles. The highest BCUT2D eigenvalue weighted by molar-refractivity contribution is 5.89. The number of ether oxygens (including phenoxy) is 1. The van der Waals surface area contributed by atoms with Gasteiger partial charge in [0.2, 0.25) is 0 Å². The van der Waals surface area contributed by atoms with E-state index in [2.05, 4.69) is 0 Å². The molecule has 0 radical (unpaired) electrons. The van der Waals surface area contributed by atoms with Gasteiger partial charge in [-0.1, -0.05) is 42.0 Å². The number of carbonyl (C=O) groups excluding carboxylic acids is 1. The molecule has 0 spiro atoms. The Morgan fingerprint density at radius 3 is 2.44 bits per heavy atom. The maximum absolute atomic E-state index is 13.3. The van der Waals surface area contributed by atoms with E-state index in [1.165, 1.54) is 18.2 Å². The van der Waals surface area contributed by atoms with Crippen LogP contribution in [0, 0.1) is 12.7 Å². The van der Waals surface area contributed by atoms with Crippen molar-refractivity contribution in [1.82, 2.24) is 0 Å². The fourth-order valence-corrected chi connectivity index (χ4v) is 1.54. The number of aryl methyl sites for hydroxylation is 1. The van der Waals surface area contributed by atoms with Gasteiger partial charge >= 0.3 is 5.97 Å². The van der Waals surface area contributed by atoms with Crippen LogP contribution in [0.3, 0.4) is 0 Å². The molecule has 0 aromatic heterocycles. The topological polar surface area (TPSA) is 26.3 Å². The molecule has 18 heavy (non-hydrogen) atoms. The van der Waals surface area contributed by atoms with E-state index in [0.717, 1.165) is 11.1 Å². The van der Waals surface area contributed by atoms with Crippen LogP contribution in [0.5, 0.6) is 0 Å². The Balaban J connectivity index is 2.01. The first kappa shape index (κ1) is 12.3. The van der Waals surface area contributed by atoms with E-state index in [1.54, 1.807) is 6.07 Å². The molecule has 2 aromatic rings. The molecule has 0 heterocycles. The van der Waals surface area contributed by atoms with Gasteiger partial charge in [0.05, 0.1) is 5.56 Å². The molecule has 0 aliphatic carbocycles. The van der Waals surface area contributed by atoms with Crippen molar-refractivity contribution in [3.8, 4) is 0 Å². The third-order valence-corrected chi connectivity index (χ3v) is 2.58. The maximum atomic E-state index is 13.3. The number of esters is 1. The first-order valence-corrected chi connectivity index (χ1v) is 5.64. The van der Waals surface area contributed by atoms with Crippen LogP contribution in [0.1, 0.15) is 21.5 Å². The average Bonchev–Trinajstić information content (AvgIpc) is 2.38. The Morgan fingerprint density at radius 1 is 1.11 bits per heavy atom. The molecule has 3 heteroatoms. The zero-order valence-corrected chi connectivity index (χ0v) is 10.0. The quantitative estimate of drug-likeness (QED) is 0.772. The summed E-state index contributed by atoms with van der Waals surface area (Å²) in [6.07, 6.45) is 0. The van der Waals surface area contributed by atoms with Crippen molar-refractivity contribution in [3.05, 3.63) is 71.0 Å². The molecule has 0 bridgehead atoms. The third kappa shape index (κ3) is 2.94. The van der Waals surface area contributed by atoms with Gasteiger partial charge in [0, 0.05) is 0 Å². The SMILES string of the molecule is Cc1ccc(COC(=O)c2ccccc2F)cc1. The normalized spacial score (nSPS) is 10.1. The lowest BCUT2D eigenvalue weighted by atomic mass is 10.2. The second kappa shape index (κ2) is 5.45. The molecule has 0 aliphatic rings. The number of hydrogen-bond donors (Lipinski definition) is 0. The van der Waals surface area contributed by atoms with Crippen molar-refractivity contribution in [2.24, 2.45) is 0 Å². The van der Waals surface area contributed by atoms with Gasteiger partial charge in [-0.2, -0.15) is 0 Å². The Morgan fingerprint density at radius 2 is 1.78 bits per heavy atom. The van der Waals surface area contributed by atoms with Gasteiger partial charge in [0.1, 0.15) is 12.4 Å². The van der Waals surface area contributed by atoms with E-state index in [0.29, 0.717) is 0 Å². The van der Waals surface area contributed by atoms with Gasteiger partial charge in [-0.25, -0.2) is 9.18 Å². The van der Waals surface area contributed by atoms with Crippen LogP contribution >= 0.6 is 0 Å². The maximum Gasteiger partial charge on any atom is 0.341 e. The Labute approximate surface area is 105 Å². The highest BCUT2D eigenvalue weighted by Gasteiger charge is 2.11. The van der Waals surface area contributed by atoms with Crippen molar-refractivity contribution < 1.29 is 13.9 Å². The minimum absolute atomic E-state index is 0.0374. The average molecular weight is 244 g/mol. The lowest BCUT2D eigenvalue weighted by Crippen LogP contribution is -2.07. The lowest BCUT2D eigenvalue weighted by molar-refractivity contribution is 0.0467. The molecule has 92 valence electrons. The van der Waals surface area contributed by atoms with Crippen molar-refractivity contribution in [1.29, 1.82) is 0 Å². The van der Waals surface area contributed by atoms with Gasteiger partial charge in [-0.3, -0.25) is 0 Å². The van der Waals surface area contributed by atoms with Crippen molar-refractivity contribution in [2.75, 3.05) is 0 Å². The van der Waals surface area contributed by atoms with Gasteiger partial charge < -0.3 is 4.74 Å². The zero-order valence-electron chi connectivity index (χ0n) is 10.0. The largest absolute Gasteiger partial charge is 0.457 e. The number of benzene rings is 2. The minimum atomic E-state index is -0.645. The second-order valence-electron chi connectivity index (χ2n) is 4.04. The second-order valence-corrected chi connectivity index (χ2v) is 4.04. The molecule has 2 aromatic carbocycles.